The fourth-order valence-electron chi connectivity index (χ4n) is 2.37. The van der Waals surface area contributed by atoms with Crippen molar-refractivity contribution in [2.45, 2.75) is 18.9 Å². The summed E-state index contributed by atoms with van der Waals surface area (Å²) in [6, 6.07) is 6.44. The Morgan fingerprint density at radius 1 is 1.24 bits per heavy atom. The maximum absolute atomic E-state index is 4.43. The zero-order chi connectivity index (χ0) is 11.5. The number of piperidine rings is 1. The van der Waals surface area contributed by atoms with E-state index in [0.29, 0.717) is 6.04 Å². The number of pyridine rings is 1. The summed E-state index contributed by atoms with van der Waals surface area (Å²) >= 11 is 0. The molecule has 4 heteroatoms. The van der Waals surface area contributed by atoms with Crippen LogP contribution in [0.15, 0.2) is 36.8 Å². The van der Waals surface area contributed by atoms with Crippen LogP contribution in [0.1, 0.15) is 18.9 Å². The molecule has 2 aromatic heterocycles. The average molecular weight is 228 g/mol. The second-order valence-electron chi connectivity index (χ2n) is 4.37. The molecule has 2 aromatic rings. The summed E-state index contributed by atoms with van der Waals surface area (Å²) in [5.74, 6) is 0.972. The van der Waals surface area contributed by atoms with Gasteiger partial charge in [-0.2, -0.15) is 0 Å². The zero-order valence-electron chi connectivity index (χ0n) is 9.71. The first-order chi connectivity index (χ1) is 8.45. The number of nitrogens with one attached hydrogen (secondary N) is 1. The van der Waals surface area contributed by atoms with Crippen LogP contribution in [0.2, 0.25) is 0 Å². The zero-order valence-corrected chi connectivity index (χ0v) is 9.71. The van der Waals surface area contributed by atoms with Gasteiger partial charge in [-0.15, -0.1) is 0 Å². The Morgan fingerprint density at radius 2 is 2.24 bits per heavy atom. The van der Waals surface area contributed by atoms with Crippen molar-refractivity contribution in [1.82, 2.24) is 19.9 Å². The lowest BCUT2D eigenvalue weighted by atomic mass is 10.1. The summed E-state index contributed by atoms with van der Waals surface area (Å²) in [7, 11) is 0. The molecule has 1 saturated heterocycles. The summed E-state index contributed by atoms with van der Waals surface area (Å²) in [4.78, 5) is 8.81. The van der Waals surface area contributed by atoms with E-state index < -0.39 is 0 Å². The van der Waals surface area contributed by atoms with Crippen molar-refractivity contribution in [2.75, 3.05) is 13.1 Å². The number of aromatic nitrogens is 3. The Morgan fingerprint density at radius 3 is 3.00 bits per heavy atom. The minimum atomic E-state index is 0.503. The monoisotopic (exact) mass is 228 g/mol. The Balaban J connectivity index is 1.93. The summed E-state index contributed by atoms with van der Waals surface area (Å²) in [5.41, 5.74) is 0.947. The first-order valence-corrected chi connectivity index (χ1v) is 6.10. The molecule has 1 atom stereocenters. The molecule has 1 aliphatic heterocycles. The van der Waals surface area contributed by atoms with Crippen molar-refractivity contribution >= 4 is 0 Å². The second-order valence-corrected chi connectivity index (χ2v) is 4.37. The average Bonchev–Trinajstić information content (AvgIpc) is 2.90. The molecule has 3 rings (SSSR count). The van der Waals surface area contributed by atoms with Crippen molar-refractivity contribution in [3.63, 3.8) is 0 Å². The van der Waals surface area contributed by atoms with Crippen LogP contribution >= 0.6 is 0 Å². The van der Waals surface area contributed by atoms with Crippen molar-refractivity contribution in [1.29, 1.82) is 0 Å². The first kappa shape index (κ1) is 10.5. The van der Waals surface area contributed by atoms with Gasteiger partial charge in [-0.05, 0) is 31.5 Å². The van der Waals surface area contributed by atoms with E-state index in [1.165, 1.54) is 12.8 Å². The van der Waals surface area contributed by atoms with Crippen LogP contribution in [0.5, 0.6) is 0 Å². The predicted molar refractivity (Wildman–Crippen MR) is 66.6 cm³/mol. The molecule has 88 valence electrons. The molecule has 0 saturated carbocycles. The topological polar surface area (TPSA) is 42.7 Å². The van der Waals surface area contributed by atoms with Crippen LogP contribution in [0.25, 0.3) is 11.5 Å². The highest BCUT2D eigenvalue weighted by atomic mass is 15.1. The fourth-order valence-corrected chi connectivity index (χ4v) is 2.37. The smallest absolute Gasteiger partial charge is 0.158 e. The van der Waals surface area contributed by atoms with E-state index in [0.717, 1.165) is 24.6 Å². The van der Waals surface area contributed by atoms with Crippen LogP contribution in [-0.4, -0.2) is 27.6 Å². The van der Waals surface area contributed by atoms with Gasteiger partial charge in [0.05, 0.1) is 0 Å². The van der Waals surface area contributed by atoms with Gasteiger partial charge in [0, 0.05) is 31.2 Å². The van der Waals surface area contributed by atoms with E-state index in [1.807, 2.05) is 30.6 Å². The molecule has 0 aliphatic carbocycles. The molecule has 3 heterocycles. The van der Waals surface area contributed by atoms with Crippen LogP contribution in [-0.2, 0) is 0 Å². The Bertz CT molecular complexity index is 471. The highest BCUT2D eigenvalue weighted by Gasteiger charge is 2.18. The maximum atomic E-state index is 4.43. The Kier molecular flexibility index (Phi) is 2.88. The third-order valence-electron chi connectivity index (χ3n) is 3.23. The normalized spacial score (nSPS) is 20.4. The van der Waals surface area contributed by atoms with Gasteiger partial charge >= 0.3 is 0 Å². The molecule has 0 bridgehead atoms. The van der Waals surface area contributed by atoms with E-state index in [2.05, 4.69) is 26.0 Å². The molecular formula is C13H16N4. The highest BCUT2D eigenvalue weighted by molar-refractivity contribution is 5.49. The van der Waals surface area contributed by atoms with Crippen LogP contribution < -0.4 is 5.32 Å². The molecule has 0 spiro atoms. The standard InChI is InChI=1S/C13H16N4/c1-2-7-15-12(5-1)13-16-8-9-17(13)11-4-3-6-14-10-11/h1-2,5,7-9,11,14H,3-4,6,10H2/t11-/m1/s1. The molecule has 1 fully saturated rings. The second kappa shape index (κ2) is 4.67. The fraction of sp³-hybridized carbons (Fsp3) is 0.385. The Hall–Kier alpha value is -1.68. The number of imidazole rings is 1. The number of nitrogens with zero attached hydrogens (tertiary/aromatic N) is 3. The lowest BCUT2D eigenvalue weighted by Gasteiger charge is -2.25. The van der Waals surface area contributed by atoms with Crippen molar-refractivity contribution in [3.8, 4) is 11.5 Å². The van der Waals surface area contributed by atoms with Gasteiger partial charge < -0.3 is 9.88 Å². The maximum Gasteiger partial charge on any atom is 0.158 e. The third kappa shape index (κ3) is 2.08. The minimum Gasteiger partial charge on any atom is -0.325 e. The highest BCUT2D eigenvalue weighted by Crippen LogP contribution is 2.23. The van der Waals surface area contributed by atoms with E-state index in [-0.39, 0.29) is 0 Å². The molecule has 0 amide bonds. The van der Waals surface area contributed by atoms with Gasteiger partial charge in [-0.3, -0.25) is 4.98 Å². The number of hydrogen-bond acceptors (Lipinski definition) is 3. The molecular weight excluding hydrogens is 212 g/mol. The van der Waals surface area contributed by atoms with Crippen LogP contribution in [0.3, 0.4) is 0 Å². The van der Waals surface area contributed by atoms with E-state index >= 15 is 0 Å². The molecule has 1 aliphatic rings. The number of rotatable bonds is 2. The summed E-state index contributed by atoms with van der Waals surface area (Å²) in [6.07, 6.45) is 8.17. The lowest BCUT2D eigenvalue weighted by Crippen LogP contribution is -2.31. The molecule has 4 nitrogen and oxygen atoms in total. The molecule has 0 unspecified atom stereocenters. The van der Waals surface area contributed by atoms with Crippen molar-refractivity contribution < 1.29 is 0 Å². The van der Waals surface area contributed by atoms with E-state index in [4.69, 9.17) is 0 Å². The van der Waals surface area contributed by atoms with Gasteiger partial charge in [-0.25, -0.2) is 4.98 Å². The van der Waals surface area contributed by atoms with Crippen LogP contribution in [0, 0.1) is 0 Å². The third-order valence-corrected chi connectivity index (χ3v) is 3.23. The molecule has 17 heavy (non-hydrogen) atoms. The first-order valence-electron chi connectivity index (χ1n) is 6.10. The molecule has 1 N–H and O–H groups in total. The molecule has 0 radical (unpaired) electrons. The van der Waals surface area contributed by atoms with E-state index in [1.54, 1.807) is 0 Å². The minimum absolute atomic E-state index is 0.503. The van der Waals surface area contributed by atoms with E-state index in [9.17, 15) is 0 Å². The SMILES string of the molecule is c1ccc(-c2nccn2[C@@H]2CCCNC2)nc1. The summed E-state index contributed by atoms with van der Waals surface area (Å²) < 4.78 is 2.24. The van der Waals surface area contributed by atoms with Crippen molar-refractivity contribution in [3.05, 3.63) is 36.8 Å². The lowest BCUT2D eigenvalue weighted by molar-refractivity contribution is 0.373. The largest absolute Gasteiger partial charge is 0.325 e. The quantitative estimate of drug-likeness (QED) is 0.853. The number of hydrogen-bond donors (Lipinski definition) is 1. The van der Waals surface area contributed by atoms with Crippen LogP contribution in [0.4, 0.5) is 0 Å². The molecule has 0 aromatic carbocycles. The van der Waals surface area contributed by atoms with Gasteiger partial charge in [0.25, 0.3) is 0 Å². The van der Waals surface area contributed by atoms with Crippen molar-refractivity contribution in [2.24, 2.45) is 0 Å². The van der Waals surface area contributed by atoms with Gasteiger partial charge in [0.2, 0.25) is 0 Å². The van der Waals surface area contributed by atoms with Gasteiger partial charge in [0.1, 0.15) is 5.69 Å². The summed E-state index contributed by atoms with van der Waals surface area (Å²) in [6.45, 7) is 2.15. The summed E-state index contributed by atoms with van der Waals surface area (Å²) in [5, 5.41) is 3.43. The predicted octanol–water partition coefficient (Wildman–Crippen LogP) is 1.87. The Labute approximate surface area is 101 Å². The van der Waals surface area contributed by atoms with Gasteiger partial charge in [0.15, 0.2) is 5.82 Å². The van der Waals surface area contributed by atoms with Gasteiger partial charge in [-0.1, -0.05) is 6.07 Å².